The van der Waals surface area contributed by atoms with Gasteiger partial charge in [-0.15, -0.1) is 0 Å². The second kappa shape index (κ2) is 4.96. The molecule has 0 bridgehead atoms. The Morgan fingerprint density at radius 3 is 2.85 bits per heavy atom. The Morgan fingerprint density at radius 2 is 2.20 bits per heavy atom. The molecule has 0 saturated carbocycles. The fourth-order valence-corrected chi connectivity index (χ4v) is 2.77. The van der Waals surface area contributed by atoms with E-state index in [-0.39, 0.29) is 6.04 Å². The molecule has 2 N–H and O–H groups in total. The molecule has 1 unspecified atom stereocenters. The number of halogens is 2. The van der Waals surface area contributed by atoms with Crippen molar-refractivity contribution in [2.45, 2.75) is 19.1 Å². The molecule has 1 aliphatic rings. The molecule has 0 spiro atoms. The van der Waals surface area contributed by atoms with Crippen molar-refractivity contribution >= 4 is 0 Å². The van der Waals surface area contributed by atoms with Crippen molar-refractivity contribution in [2.75, 3.05) is 6.54 Å². The van der Waals surface area contributed by atoms with Crippen molar-refractivity contribution in [3.05, 3.63) is 53.1 Å². The Labute approximate surface area is 115 Å². The zero-order valence-corrected chi connectivity index (χ0v) is 11.2. The van der Waals surface area contributed by atoms with Crippen molar-refractivity contribution in [2.24, 2.45) is 12.8 Å². The number of benzene rings is 1. The van der Waals surface area contributed by atoms with Crippen LogP contribution in [0.5, 0.6) is 0 Å². The summed E-state index contributed by atoms with van der Waals surface area (Å²) >= 11 is 0. The van der Waals surface area contributed by atoms with E-state index in [2.05, 4.69) is 4.98 Å². The number of hydrogen-bond acceptors (Lipinski definition) is 3. The molecule has 6 heteroatoms. The molecular weight excluding hydrogens is 262 g/mol. The summed E-state index contributed by atoms with van der Waals surface area (Å²) in [6.07, 6.45) is 3.58. The molecule has 0 fully saturated rings. The van der Waals surface area contributed by atoms with E-state index in [0.29, 0.717) is 30.8 Å². The molecule has 1 aromatic heterocycles. The highest BCUT2D eigenvalue weighted by molar-refractivity contribution is 5.36. The van der Waals surface area contributed by atoms with Gasteiger partial charge in [0.1, 0.15) is 17.5 Å². The van der Waals surface area contributed by atoms with Crippen molar-refractivity contribution in [1.82, 2.24) is 14.5 Å². The van der Waals surface area contributed by atoms with Crippen LogP contribution < -0.4 is 5.73 Å². The molecule has 1 aliphatic heterocycles. The van der Waals surface area contributed by atoms with Gasteiger partial charge in [0.05, 0.1) is 6.54 Å². The molecule has 2 heterocycles. The summed E-state index contributed by atoms with van der Waals surface area (Å²) in [5.41, 5.74) is 6.98. The van der Waals surface area contributed by atoms with Crippen molar-refractivity contribution < 1.29 is 8.78 Å². The van der Waals surface area contributed by atoms with Crippen LogP contribution in [0.15, 0.2) is 24.5 Å². The average molecular weight is 278 g/mol. The zero-order chi connectivity index (χ0) is 14.3. The first kappa shape index (κ1) is 13.2. The predicted molar refractivity (Wildman–Crippen MR) is 70.6 cm³/mol. The second-order valence-corrected chi connectivity index (χ2v) is 5.07. The van der Waals surface area contributed by atoms with Crippen molar-refractivity contribution in [3.63, 3.8) is 0 Å². The molecule has 4 nitrogen and oxygen atoms in total. The molecule has 3 rings (SSSR count). The highest BCUT2D eigenvalue weighted by atomic mass is 19.1. The standard InChI is InChI=1S/C14H16F2N4/c1-19-3-2-18-14(19)8-20-7-11-10(13(20)6-17)4-9(15)5-12(11)16/h2-5,13H,6-8,17H2,1H3. The third-order valence-corrected chi connectivity index (χ3v) is 3.84. The fraction of sp³-hybridized carbons (Fsp3) is 0.357. The van der Waals surface area contributed by atoms with E-state index in [0.717, 1.165) is 11.9 Å². The van der Waals surface area contributed by atoms with Gasteiger partial charge in [-0.05, 0) is 11.6 Å². The van der Waals surface area contributed by atoms with Gasteiger partial charge in [0.2, 0.25) is 0 Å². The van der Waals surface area contributed by atoms with E-state index in [1.165, 1.54) is 6.07 Å². The van der Waals surface area contributed by atoms with Crippen LogP contribution in [0.4, 0.5) is 8.78 Å². The first-order valence-corrected chi connectivity index (χ1v) is 6.48. The fourth-order valence-electron chi connectivity index (χ4n) is 2.77. The lowest BCUT2D eigenvalue weighted by atomic mass is 10.0. The lowest BCUT2D eigenvalue weighted by molar-refractivity contribution is 0.202. The summed E-state index contributed by atoms with van der Waals surface area (Å²) in [5.74, 6) is -0.184. The van der Waals surface area contributed by atoms with Gasteiger partial charge >= 0.3 is 0 Å². The Balaban J connectivity index is 1.92. The maximum Gasteiger partial charge on any atom is 0.130 e. The van der Waals surface area contributed by atoms with Gasteiger partial charge in [-0.25, -0.2) is 13.8 Å². The molecule has 20 heavy (non-hydrogen) atoms. The van der Waals surface area contributed by atoms with Gasteiger partial charge in [-0.3, -0.25) is 4.90 Å². The number of aryl methyl sites for hydroxylation is 1. The topological polar surface area (TPSA) is 47.1 Å². The molecule has 0 radical (unpaired) electrons. The molecule has 0 amide bonds. The SMILES string of the molecule is Cn1ccnc1CN1Cc2c(F)cc(F)cc2C1CN. The highest BCUT2D eigenvalue weighted by Crippen LogP contribution is 2.35. The van der Waals surface area contributed by atoms with E-state index >= 15 is 0 Å². The number of imidazole rings is 1. The minimum atomic E-state index is -0.557. The monoisotopic (exact) mass is 278 g/mol. The van der Waals surface area contributed by atoms with Crippen molar-refractivity contribution in [1.29, 1.82) is 0 Å². The number of rotatable bonds is 3. The average Bonchev–Trinajstić information content (AvgIpc) is 2.94. The summed E-state index contributed by atoms with van der Waals surface area (Å²) in [6.45, 7) is 1.30. The third-order valence-electron chi connectivity index (χ3n) is 3.84. The largest absolute Gasteiger partial charge is 0.337 e. The maximum absolute atomic E-state index is 13.9. The van der Waals surface area contributed by atoms with Crippen LogP contribution >= 0.6 is 0 Å². The highest BCUT2D eigenvalue weighted by Gasteiger charge is 2.32. The van der Waals surface area contributed by atoms with Gasteiger partial charge in [0.25, 0.3) is 0 Å². The molecule has 1 aromatic carbocycles. The zero-order valence-electron chi connectivity index (χ0n) is 11.2. The molecule has 0 saturated heterocycles. The van der Waals surface area contributed by atoms with Gasteiger partial charge < -0.3 is 10.3 Å². The van der Waals surface area contributed by atoms with Gasteiger partial charge in [0, 0.05) is 50.2 Å². The quantitative estimate of drug-likeness (QED) is 0.930. The smallest absolute Gasteiger partial charge is 0.130 e. The number of nitrogens with zero attached hydrogens (tertiary/aromatic N) is 3. The Morgan fingerprint density at radius 1 is 1.40 bits per heavy atom. The number of nitrogens with two attached hydrogens (primary N) is 1. The summed E-state index contributed by atoms with van der Waals surface area (Å²) in [5, 5.41) is 0. The summed E-state index contributed by atoms with van der Waals surface area (Å²) < 4.78 is 29.2. The summed E-state index contributed by atoms with van der Waals surface area (Å²) in [4.78, 5) is 6.29. The predicted octanol–water partition coefficient (Wildman–Crippen LogP) is 1.71. The van der Waals surface area contributed by atoms with E-state index in [1.807, 2.05) is 22.7 Å². The van der Waals surface area contributed by atoms with Crippen LogP contribution in [0.25, 0.3) is 0 Å². The second-order valence-electron chi connectivity index (χ2n) is 5.07. The van der Waals surface area contributed by atoms with E-state index < -0.39 is 11.6 Å². The first-order chi connectivity index (χ1) is 9.60. The lowest BCUT2D eigenvalue weighted by Gasteiger charge is -2.23. The van der Waals surface area contributed by atoms with Gasteiger partial charge in [-0.1, -0.05) is 0 Å². The van der Waals surface area contributed by atoms with Crippen LogP contribution in [0.3, 0.4) is 0 Å². The van der Waals surface area contributed by atoms with Crippen LogP contribution in [0, 0.1) is 11.6 Å². The lowest BCUT2D eigenvalue weighted by Crippen LogP contribution is -2.28. The maximum atomic E-state index is 13.9. The molecule has 2 aromatic rings. The van der Waals surface area contributed by atoms with Crippen LogP contribution in [-0.4, -0.2) is 21.0 Å². The molecule has 1 atom stereocenters. The van der Waals surface area contributed by atoms with Crippen LogP contribution in [0.2, 0.25) is 0 Å². The van der Waals surface area contributed by atoms with Gasteiger partial charge in [-0.2, -0.15) is 0 Å². The number of hydrogen-bond donors (Lipinski definition) is 1. The van der Waals surface area contributed by atoms with E-state index in [9.17, 15) is 8.78 Å². The first-order valence-electron chi connectivity index (χ1n) is 6.48. The Bertz CT molecular complexity index is 638. The van der Waals surface area contributed by atoms with Crippen LogP contribution in [0.1, 0.15) is 23.0 Å². The summed E-state index contributed by atoms with van der Waals surface area (Å²) in [7, 11) is 1.91. The third kappa shape index (κ3) is 2.10. The minimum Gasteiger partial charge on any atom is -0.337 e. The Hall–Kier alpha value is -1.79. The molecule has 106 valence electrons. The number of fused-ring (bicyclic) bond motifs is 1. The summed E-state index contributed by atoms with van der Waals surface area (Å²) in [6, 6.07) is 2.14. The van der Waals surface area contributed by atoms with Crippen LogP contribution in [-0.2, 0) is 20.1 Å². The van der Waals surface area contributed by atoms with Gasteiger partial charge in [0.15, 0.2) is 0 Å². The van der Waals surface area contributed by atoms with E-state index in [4.69, 9.17) is 5.73 Å². The minimum absolute atomic E-state index is 0.174. The Kier molecular flexibility index (Phi) is 3.27. The number of aromatic nitrogens is 2. The normalized spacial score (nSPS) is 18.5. The van der Waals surface area contributed by atoms with Crippen molar-refractivity contribution in [3.8, 4) is 0 Å². The van der Waals surface area contributed by atoms with E-state index in [1.54, 1.807) is 6.20 Å². The molecular formula is C14H16F2N4. The molecule has 0 aliphatic carbocycles.